The molecule has 1 heterocycles. The normalized spacial score (nSPS) is 23.7. The zero-order valence-corrected chi connectivity index (χ0v) is 15.4. The molecule has 6 heteroatoms. The lowest BCUT2D eigenvalue weighted by Crippen LogP contribution is -2.43. The maximum Gasteiger partial charge on any atom is 0.317 e. The molecule has 2 amide bonds. The van der Waals surface area contributed by atoms with Crippen LogP contribution in [0.1, 0.15) is 38.2 Å². The monoisotopic (exact) mass is 360 g/mol. The van der Waals surface area contributed by atoms with Gasteiger partial charge in [-0.15, -0.1) is 0 Å². The molecule has 26 heavy (non-hydrogen) atoms. The van der Waals surface area contributed by atoms with Gasteiger partial charge in [-0.25, -0.2) is 4.79 Å². The molecule has 0 radical (unpaired) electrons. The molecule has 1 aliphatic carbocycles. The van der Waals surface area contributed by atoms with Crippen LogP contribution in [0.15, 0.2) is 30.3 Å². The van der Waals surface area contributed by atoms with Crippen molar-refractivity contribution in [3.8, 4) is 0 Å². The van der Waals surface area contributed by atoms with Gasteiger partial charge in [-0.05, 0) is 43.6 Å². The van der Waals surface area contributed by atoms with Gasteiger partial charge in [-0.2, -0.15) is 0 Å². The van der Waals surface area contributed by atoms with Crippen molar-refractivity contribution in [2.75, 3.05) is 26.2 Å². The van der Waals surface area contributed by atoms with Crippen LogP contribution in [0.4, 0.5) is 4.79 Å². The maximum atomic E-state index is 12.3. The van der Waals surface area contributed by atoms with Crippen LogP contribution in [0.2, 0.25) is 0 Å². The number of urea groups is 1. The Morgan fingerprint density at radius 1 is 1.23 bits per heavy atom. The van der Waals surface area contributed by atoms with Crippen LogP contribution < -0.4 is 5.32 Å². The molecule has 2 N–H and O–H groups in total. The molecule has 3 rings (SSSR count). The Hall–Kier alpha value is -2.08. The number of carboxylic acid groups (broad SMARTS) is 1. The van der Waals surface area contributed by atoms with Gasteiger partial charge in [-0.3, -0.25) is 4.79 Å². The molecule has 1 unspecified atom stereocenters. The fraction of sp³-hybridized carbons (Fsp3) is 0.600. The number of nitrogens with zero attached hydrogens (tertiary/aromatic N) is 1. The van der Waals surface area contributed by atoms with Gasteiger partial charge in [0, 0.05) is 26.2 Å². The number of nitrogens with one attached hydrogen (secondary N) is 1. The molecule has 0 bridgehead atoms. The summed E-state index contributed by atoms with van der Waals surface area (Å²) in [7, 11) is 0. The Kier molecular flexibility index (Phi) is 5.51. The summed E-state index contributed by atoms with van der Waals surface area (Å²) in [5.74, 6) is -0.831. The van der Waals surface area contributed by atoms with Crippen molar-refractivity contribution < 1.29 is 19.4 Å². The van der Waals surface area contributed by atoms with Crippen molar-refractivity contribution in [2.45, 2.75) is 39.2 Å². The summed E-state index contributed by atoms with van der Waals surface area (Å²) >= 11 is 0. The Morgan fingerprint density at radius 3 is 2.58 bits per heavy atom. The lowest BCUT2D eigenvalue weighted by atomic mass is 9.90. The summed E-state index contributed by atoms with van der Waals surface area (Å²) in [6, 6.07) is 9.95. The van der Waals surface area contributed by atoms with Crippen molar-refractivity contribution >= 4 is 12.0 Å². The molecule has 1 atom stereocenters. The summed E-state index contributed by atoms with van der Waals surface area (Å²) in [6.45, 7) is 4.43. The van der Waals surface area contributed by atoms with Gasteiger partial charge < -0.3 is 20.1 Å². The zero-order chi connectivity index (χ0) is 18.6. The minimum absolute atomic E-state index is 0.147. The van der Waals surface area contributed by atoms with Gasteiger partial charge in [0.05, 0.1) is 12.0 Å². The van der Waals surface area contributed by atoms with E-state index in [1.54, 1.807) is 11.8 Å². The van der Waals surface area contributed by atoms with Crippen molar-refractivity contribution in [1.82, 2.24) is 10.2 Å². The molecule has 1 saturated carbocycles. The fourth-order valence-corrected chi connectivity index (χ4v) is 3.43. The largest absolute Gasteiger partial charge is 0.481 e. The van der Waals surface area contributed by atoms with E-state index in [1.807, 2.05) is 30.3 Å². The fourth-order valence-electron chi connectivity index (χ4n) is 3.43. The van der Waals surface area contributed by atoms with Crippen LogP contribution in [0, 0.1) is 10.8 Å². The van der Waals surface area contributed by atoms with E-state index >= 15 is 0 Å². The first kappa shape index (κ1) is 18.7. The highest BCUT2D eigenvalue weighted by molar-refractivity contribution is 5.79. The van der Waals surface area contributed by atoms with Crippen molar-refractivity contribution in [3.05, 3.63) is 35.9 Å². The molecule has 1 aliphatic heterocycles. The molecule has 0 spiro atoms. The number of aliphatic carboxylic acids is 1. The van der Waals surface area contributed by atoms with Crippen molar-refractivity contribution in [2.24, 2.45) is 10.8 Å². The van der Waals surface area contributed by atoms with E-state index in [0.717, 1.165) is 19.3 Å². The van der Waals surface area contributed by atoms with Gasteiger partial charge in [-0.1, -0.05) is 30.3 Å². The standard InChI is InChI=1S/C20H28N2O4/c1-19(17(23)24)9-11-22(15-19)18(25)21-14-20(7-8-20)10-12-26-13-16-5-3-2-4-6-16/h2-6H,7-15H2,1H3,(H,21,25)(H,23,24). The number of ether oxygens (including phenoxy) is 1. The molecule has 2 aliphatic rings. The predicted molar refractivity (Wildman–Crippen MR) is 97.7 cm³/mol. The molecular formula is C20H28N2O4. The number of benzene rings is 1. The third-order valence-electron chi connectivity index (χ3n) is 5.74. The van der Waals surface area contributed by atoms with Gasteiger partial charge in [0.25, 0.3) is 0 Å². The van der Waals surface area contributed by atoms with Crippen LogP contribution in [0.5, 0.6) is 0 Å². The molecule has 1 saturated heterocycles. The number of amides is 2. The van der Waals surface area contributed by atoms with Crippen molar-refractivity contribution in [1.29, 1.82) is 0 Å². The van der Waals surface area contributed by atoms with E-state index in [9.17, 15) is 14.7 Å². The maximum absolute atomic E-state index is 12.3. The first-order valence-electron chi connectivity index (χ1n) is 9.30. The Balaban J connectivity index is 1.36. The van der Waals surface area contributed by atoms with Crippen LogP contribution in [0.3, 0.4) is 0 Å². The second-order valence-electron chi connectivity index (χ2n) is 7.98. The highest BCUT2D eigenvalue weighted by Crippen LogP contribution is 2.48. The quantitative estimate of drug-likeness (QED) is 0.699. The van der Waals surface area contributed by atoms with Gasteiger partial charge in [0.2, 0.25) is 0 Å². The topological polar surface area (TPSA) is 78.9 Å². The number of hydrogen-bond donors (Lipinski definition) is 2. The summed E-state index contributed by atoms with van der Waals surface area (Å²) in [5, 5.41) is 12.3. The Morgan fingerprint density at radius 2 is 1.96 bits per heavy atom. The van der Waals surface area contributed by atoms with Gasteiger partial charge >= 0.3 is 12.0 Å². The minimum Gasteiger partial charge on any atom is -0.481 e. The zero-order valence-electron chi connectivity index (χ0n) is 15.4. The van der Waals surface area contributed by atoms with E-state index in [1.165, 1.54) is 5.56 Å². The van der Waals surface area contributed by atoms with Crippen LogP contribution >= 0.6 is 0 Å². The van der Waals surface area contributed by atoms with Gasteiger partial charge in [0.1, 0.15) is 0 Å². The number of carbonyl (C=O) groups is 2. The highest BCUT2D eigenvalue weighted by atomic mass is 16.5. The van der Waals surface area contributed by atoms with E-state index in [4.69, 9.17) is 4.74 Å². The predicted octanol–water partition coefficient (Wildman–Crippen LogP) is 2.88. The van der Waals surface area contributed by atoms with Crippen LogP contribution in [-0.4, -0.2) is 48.2 Å². The van der Waals surface area contributed by atoms with E-state index < -0.39 is 11.4 Å². The van der Waals surface area contributed by atoms with Gasteiger partial charge in [0.15, 0.2) is 0 Å². The first-order chi connectivity index (χ1) is 12.4. The molecular weight excluding hydrogens is 332 g/mol. The second kappa shape index (κ2) is 7.66. The Labute approximate surface area is 154 Å². The number of hydrogen-bond acceptors (Lipinski definition) is 3. The average molecular weight is 360 g/mol. The molecule has 1 aromatic rings. The Bertz CT molecular complexity index is 644. The van der Waals surface area contributed by atoms with E-state index in [0.29, 0.717) is 32.7 Å². The third-order valence-corrected chi connectivity index (χ3v) is 5.74. The average Bonchev–Trinajstić information content (AvgIpc) is 3.29. The van der Waals surface area contributed by atoms with E-state index in [-0.39, 0.29) is 18.0 Å². The SMILES string of the molecule is CC1(C(=O)O)CCN(C(=O)NCC2(CCOCc3ccccc3)CC2)C1. The first-order valence-corrected chi connectivity index (χ1v) is 9.30. The molecule has 6 nitrogen and oxygen atoms in total. The number of carbonyl (C=O) groups excluding carboxylic acids is 1. The molecule has 0 aromatic heterocycles. The minimum atomic E-state index is -0.831. The third kappa shape index (κ3) is 4.55. The molecule has 2 fully saturated rings. The van der Waals surface area contributed by atoms with Crippen LogP contribution in [-0.2, 0) is 16.1 Å². The lowest BCUT2D eigenvalue weighted by Gasteiger charge is -2.22. The van der Waals surface area contributed by atoms with E-state index in [2.05, 4.69) is 5.32 Å². The smallest absolute Gasteiger partial charge is 0.317 e. The summed E-state index contributed by atoms with van der Waals surface area (Å²) in [6.07, 6.45) is 3.66. The summed E-state index contributed by atoms with van der Waals surface area (Å²) in [5.41, 5.74) is 0.503. The summed E-state index contributed by atoms with van der Waals surface area (Å²) < 4.78 is 5.77. The molecule has 142 valence electrons. The molecule has 1 aromatic carbocycles. The van der Waals surface area contributed by atoms with Crippen molar-refractivity contribution in [3.63, 3.8) is 0 Å². The number of carboxylic acids is 1. The highest BCUT2D eigenvalue weighted by Gasteiger charge is 2.44. The lowest BCUT2D eigenvalue weighted by molar-refractivity contribution is -0.147. The second-order valence-corrected chi connectivity index (χ2v) is 7.98. The summed E-state index contributed by atoms with van der Waals surface area (Å²) in [4.78, 5) is 25.3. The van der Waals surface area contributed by atoms with Crippen LogP contribution in [0.25, 0.3) is 0 Å². The number of likely N-dealkylation sites (tertiary alicyclic amines) is 1. The number of rotatable bonds is 8.